The first-order valence-corrected chi connectivity index (χ1v) is 7.66. The molecule has 2 rings (SSSR count). The fourth-order valence-corrected chi connectivity index (χ4v) is 3.17. The van der Waals surface area contributed by atoms with Crippen molar-refractivity contribution in [2.45, 2.75) is 57.4 Å². The predicted octanol–water partition coefficient (Wildman–Crippen LogP) is 2.02. The maximum atomic E-state index is 12.2. The van der Waals surface area contributed by atoms with E-state index in [-0.39, 0.29) is 6.03 Å². The normalized spacial score (nSPS) is 22.5. The fraction of sp³-hybridized carbons (Fsp3) is 0.929. The van der Waals surface area contributed by atoms with Crippen molar-refractivity contribution >= 4 is 6.03 Å². The number of piperidine rings is 1. The summed E-state index contributed by atoms with van der Waals surface area (Å²) in [4.78, 5) is 18.8. The smallest absolute Gasteiger partial charge is 0.317 e. The van der Waals surface area contributed by atoms with Crippen LogP contribution in [-0.4, -0.2) is 36.7 Å². The van der Waals surface area contributed by atoms with E-state index in [9.17, 15) is 4.79 Å². The molecular weight excluding hydrogens is 242 g/mol. The number of carbonyl (C=O) groups excluding carboxylic acids is 1. The lowest BCUT2D eigenvalue weighted by atomic mass is 9.94. The molecule has 1 saturated carbocycles. The van der Waals surface area contributed by atoms with Crippen LogP contribution < -0.4 is 11.2 Å². The summed E-state index contributed by atoms with van der Waals surface area (Å²) >= 11 is 0. The fourth-order valence-electron chi connectivity index (χ4n) is 3.17. The van der Waals surface area contributed by atoms with Crippen LogP contribution in [0.5, 0.6) is 0 Å². The number of nitrogens with zero attached hydrogens (tertiary/aromatic N) is 1. The van der Waals surface area contributed by atoms with Gasteiger partial charge in [-0.2, -0.15) is 0 Å². The molecule has 0 radical (unpaired) electrons. The van der Waals surface area contributed by atoms with Gasteiger partial charge in [-0.25, -0.2) is 10.7 Å². The van der Waals surface area contributed by atoms with E-state index in [1.165, 1.54) is 19.3 Å². The summed E-state index contributed by atoms with van der Waals surface area (Å²) in [6.45, 7) is 2.36. The molecule has 0 bridgehead atoms. The van der Waals surface area contributed by atoms with Gasteiger partial charge in [0.05, 0.1) is 6.61 Å². The highest BCUT2D eigenvalue weighted by atomic mass is 16.6. The molecule has 0 aromatic heterocycles. The Hall–Kier alpha value is -0.810. The molecule has 0 aromatic rings. The van der Waals surface area contributed by atoms with Crippen LogP contribution in [0.15, 0.2) is 0 Å². The molecule has 0 unspecified atom stereocenters. The lowest BCUT2D eigenvalue weighted by Crippen LogP contribution is -2.48. The number of amides is 2. The van der Waals surface area contributed by atoms with Gasteiger partial charge in [0, 0.05) is 19.1 Å². The van der Waals surface area contributed by atoms with E-state index in [0.29, 0.717) is 18.6 Å². The van der Waals surface area contributed by atoms with Crippen molar-refractivity contribution < 1.29 is 9.63 Å². The molecule has 19 heavy (non-hydrogen) atoms. The van der Waals surface area contributed by atoms with Crippen LogP contribution in [-0.2, 0) is 4.84 Å². The number of urea groups is 1. The molecule has 1 aliphatic heterocycles. The molecular formula is C14H27N3O2. The lowest BCUT2D eigenvalue weighted by molar-refractivity contribution is 0.106. The Labute approximate surface area is 115 Å². The Kier molecular flexibility index (Phi) is 5.92. The number of nitrogens with one attached hydrogen (secondary N) is 1. The highest BCUT2D eigenvalue weighted by molar-refractivity contribution is 5.74. The molecule has 1 aliphatic carbocycles. The molecule has 110 valence electrons. The Morgan fingerprint density at radius 2 is 1.84 bits per heavy atom. The summed E-state index contributed by atoms with van der Waals surface area (Å²) in [6.07, 6.45) is 9.28. The van der Waals surface area contributed by atoms with Crippen LogP contribution in [0.1, 0.15) is 51.4 Å². The summed E-state index contributed by atoms with van der Waals surface area (Å²) in [6, 6.07) is 0.546. The van der Waals surface area contributed by atoms with Gasteiger partial charge in [0.15, 0.2) is 0 Å². The third kappa shape index (κ3) is 4.66. The molecule has 0 atom stereocenters. The first-order chi connectivity index (χ1) is 9.29. The van der Waals surface area contributed by atoms with Crippen LogP contribution in [0.3, 0.4) is 0 Å². The van der Waals surface area contributed by atoms with Gasteiger partial charge < -0.3 is 15.1 Å². The van der Waals surface area contributed by atoms with Crippen LogP contribution >= 0.6 is 0 Å². The van der Waals surface area contributed by atoms with Gasteiger partial charge in [-0.05, 0) is 38.0 Å². The second-order valence-electron chi connectivity index (χ2n) is 5.87. The van der Waals surface area contributed by atoms with E-state index in [1.54, 1.807) is 0 Å². The summed E-state index contributed by atoms with van der Waals surface area (Å²) in [5, 5.41) is 3.19. The van der Waals surface area contributed by atoms with Gasteiger partial charge in [0.1, 0.15) is 0 Å². The third-order valence-electron chi connectivity index (χ3n) is 4.48. The van der Waals surface area contributed by atoms with Crippen LogP contribution in [0, 0.1) is 5.92 Å². The Bertz CT molecular complexity index is 272. The second-order valence-corrected chi connectivity index (χ2v) is 5.87. The molecule has 2 amide bonds. The molecule has 0 spiro atoms. The van der Waals surface area contributed by atoms with E-state index < -0.39 is 0 Å². The monoisotopic (exact) mass is 269 g/mol. The van der Waals surface area contributed by atoms with Crippen LogP contribution in [0.25, 0.3) is 0 Å². The molecule has 1 heterocycles. The first kappa shape index (κ1) is 14.6. The lowest BCUT2D eigenvalue weighted by Gasteiger charge is -2.33. The minimum absolute atomic E-state index is 0.139. The molecule has 5 nitrogen and oxygen atoms in total. The Morgan fingerprint density at radius 3 is 2.47 bits per heavy atom. The largest absolute Gasteiger partial charge is 0.335 e. The Balaban J connectivity index is 1.67. The molecule has 3 N–H and O–H groups in total. The van der Waals surface area contributed by atoms with Crippen molar-refractivity contribution in [1.82, 2.24) is 10.2 Å². The van der Waals surface area contributed by atoms with Gasteiger partial charge in [0.25, 0.3) is 0 Å². The minimum atomic E-state index is 0.139. The summed E-state index contributed by atoms with van der Waals surface area (Å²) in [5.41, 5.74) is 0. The standard InChI is InChI=1S/C14H27N3O2/c15-19-11-8-12-6-9-17(10-7-12)14(18)16-13-4-2-1-3-5-13/h12-13H,1-11,15H2,(H,16,18). The van der Waals surface area contributed by atoms with Crippen molar-refractivity contribution in [1.29, 1.82) is 0 Å². The average Bonchev–Trinajstić information content (AvgIpc) is 2.46. The van der Waals surface area contributed by atoms with Crippen molar-refractivity contribution in [3.63, 3.8) is 0 Å². The van der Waals surface area contributed by atoms with Gasteiger partial charge in [-0.15, -0.1) is 0 Å². The number of hydrogen-bond donors (Lipinski definition) is 2. The predicted molar refractivity (Wildman–Crippen MR) is 74.5 cm³/mol. The van der Waals surface area contributed by atoms with E-state index in [2.05, 4.69) is 10.2 Å². The number of nitrogens with two attached hydrogens (primary N) is 1. The third-order valence-corrected chi connectivity index (χ3v) is 4.48. The average molecular weight is 269 g/mol. The van der Waals surface area contributed by atoms with Crippen LogP contribution in [0.4, 0.5) is 4.79 Å². The summed E-state index contributed by atoms with van der Waals surface area (Å²) in [5.74, 6) is 5.71. The number of rotatable bonds is 4. The van der Waals surface area contributed by atoms with Gasteiger partial charge in [-0.1, -0.05) is 19.3 Å². The minimum Gasteiger partial charge on any atom is -0.335 e. The van der Waals surface area contributed by atoms with Crippen molar-refractivity contribution in [2.75, 3.05) is 19.7 Å². The SMILES string of the molecule is NOCCC1CCN(C(=O)NC2CCCCC2)CC1. The van der Waals surface area contributed by atoms with E-state index in [1.807, 2.05) is 4.90 Å². The maximum Gasteiger partial charge on any atom is 0.317 e. The number of likely N-dealkylation sites (tertiary alicyclic amines) is 1. The van der Waals surface area contributed by atoms with Gasteiger partial charge in [0.2, 0.25) is 0 Å². The zero-order valence-electron chi connectivity index (χ0n) is 11.8. The summed E-state index contributed by atoms with van der Waals surface area (Å²) < 4.78 is 0. The van der Waals surface area contributed by atoms with Crippen molar-refractivity contribution in [3.8, 4) is 0 Å². The Morgan fingerprint density at radius 1 is 1.16 bits per heavy atom. The number of hydrogen-bond acceptors (Lipinski definition) is 3. The van der Waals surface area contributed by atoms with Crippen LogP contribution in [0.2, 0.25) is 0 Å². The zero-order valence-corrected chi connectivity index (χ0v) is 11.8. The molecule has 1 saturated heterocycles. The van der Waals surface area contributed by atoms with Gasteiger partial charge in [-0.3, -0.25) is 0 Å². The van der Waals surface area contributed by atoms with E-state index >= 15 is 0 Å². The van der Waals surface area contributed by atoms with Crippen molar-refractivity contribution in [3.05, 3.63) is 0 Å². The maximum absolute atomic E-state index is 12.2. The molecule has 2 fully saturated rings. The summed E-state index contributed by atoms with van der Waals surface area (Å²) in [7, 11) is 0. The molecule has 5 heteroatoms. The quantitative estimate of drug-likeness (QED) is 0.767. The zero-order chi connectivity index (χ0) is 13.5. The second kappa shape index (κ2) is 7.70. The highest BCUT2D eigenvalue weighted by Crippen LogP contribution is 2.21. The van der Waals surface area contributed by atoms with E-state index in [4.69, 9.17) is 5.90 Å². The van der Waals surface area contributed by atoms with Crippen molar-refractivity contribution in [2.24, 2.45) is 11.8 Å². The first-order valence-electron chi connectivity index (χ1n) is 7.66. The highest BCUT2D eigenvalue weighted by Gasteiger charge is 2.24. The molecule has 0 aromatic carbocycles. The number of carbonyl (C=O) groups is 1. The van der Waals surface area contributed by atoms with Gasteiger partial charge >= 0.3 is 6.03 Å². The topological polar surface area (TPSA) is 67.6 Å². The molecule has 2 aliphatic rings. The van der Waals surface area contributed by atoms with E-state index in [0.717, 1.165) is 45.2 Å².